The molecule has 0 aliphatic rings. The number of para-hydroxylation sites is 2. The zero-order valence-electron chi connectivity index (χ0n) is 9.17. The third kappa shape index (κ3) is 2.59. The van der Waals surface area contributed by atoms with Gasteiger partial charge in [0.2, 0.25) is 0 Å². The fraction of sp³-hybridized carbons (Fsp3) is 0.0909. The summed E-state index contributed by atoms with van der Waals surface area (Å²) in [5, 5.41) is 0. The van der Waals surface area contributed by atoms with Crippen LogP contribution in [0.2, 0.25) is 0 Å². The van der Waals surface area contributed by atoms with Crippen LogP contribution in [0.25, 0.3) is 0 Å². The molecule has 2 aromatic rings. The largest absolute Gasteiger partial charge is 0.397 e. The van der Waals surface area contributed by atoms with Crippen molar-refractivity contribution >= 4 is 32.7 Å². The third-order valence-corrected chi connectivity index (χ3v) is 5.04. The Hall–Kier alpha value is -1.53. The highest BCUT2D eigenvalue weighted by Gasteiger charge is 2.16. The summed E-state index contributed by atoms with van der Waals surface area (Å²) in [6, 6.07) is 10.1. The molecular weight excluding hydrogens is 256 g/mol. The van der Waals surface area contributed by atoms with E-state index >= 15 is 0 Å². The van der Waals surface area contributed by atoms with Crippen molar-refractivity contribution in [3.63, 3.8) is 0 Å². The van der Waals surface area contributed by atoms with Crippen molar-refractivity contribution in [2.24, 2.45) is 0 Å². The molecule has 1 aromatic heterocycles. The van der Waals surface area contributed by atoms with Gasteiger partial charge < -0.3 is 5.73 Å². The standard InChI is InChI=1S/C11H12N2O2S2/c1-8-6-7-11(16-8)17(14,15)13-10-5-3-2-4-9(10)12/h2-7,13H,12H2,1H3. The zero-order chi connectivity index (χ0) is 12.5. The summed E-state index contributed by atoms with van der Waals surface area (Å²) in [5.41, 5.74) is 6.50. The number of nitrogen functional groups attached to an aromatic ring is 1. The van der Waals surface area contributed by atoms with Crippen LogP contribution in [0.1, 0.15) is 4.88 Å². The van der Waals surface area contributed by atoms with Crippen LogP contribution >= 0.6 is 11.3 Å². The summed E-state index contributed by atoms with van der Waals surface area (Å²) >= 11 is 1.23. The number of sulfonamides is 1. The number of aryl methyl sites for hydroxylation is 1. The molecule has 4 nitrogen and oxygen atoms in total. The maximum Gasteiger partial charge on any atom is 0.271 e. The Balaban J connectivity index is 2.33. The van der Waals surface area contributed by atoms with E-state index in [2.05, 4.69) is 4.72 Å². The molecule has 6 heteroatoms. The Morgan fingerprint density at radius 3 is 2.47 bits per heavy atom. The molecule has 1 aromatic carbocycles. The number of rotatable bonds is 3. The number of benzene rings is 1. The molecule has 0 bridgehead atoms. The average molecular weight is 268 g/mol. The first-order chi connectivity index (χ1) is 7.99. The number of nitrogens with one attached hydrogen (secondary N) is 1. The van der Waals surface area contributed by atoms with Gasteiger partial charge in [0.25, 0.3) is 10.0 Å². The fourth-order valence-corrected chi connectivity index (χ4v) is 3.71. The first-order valence-corrected chi connectivity index (χ1v) is 7.23. The molecule has 0 saturated carbocycles. The van der Waals surface area contributed by atoms with E-state index in [4.69, 9.17) is 5.73 Å². The number of anilines is 2. The van der Waals surface area contributed by atoms with E-state index in [1.165, 1.54) is 11.3 Å². The molecule has 3 N–H and O–H groups in total. The molecule has 17 heavy (non-hydrogen) atoms. The average Bonchev–Trinajstić information content (AvgIpc) is 2.69. The molecular formula is C11H12N2O2S2. The van der Waals surface area contributed by atoms with Gasteiger partial charge in [-0.2, -0.15) is 0 Å². The Bertz CT molecular complexity index is 632. The summed E-state index contributed by atoms with van der Waals surface area (Å²) < 4.78 is 26.8. The molecule has 0 saturated heterocycles. The molecule has 2 rings (SSSR count). The minimum absolute atomic E-state index is 0.290. The summed E-state index contributed by atoms with van der Waals surface area (Å²) in [4.78, 5) is 0.950. The Kier molecular flexibility index (Phi) is 3.08. The van der Waals surface area contributed by atoms with Gasteiger partial charge in [-0.15, -0.1) is 11.3 Å². The number of nitrogens with two attached hydrogens (primary N) is 1. The van der Waals surface area contributed by atoms with Gasteiger partial charge in [-0.05, 0) is 31.2 Å². The van der Waals surface area contributed by atoms with Gasteiger partial charge in [0, 0.05) is 4.88 Å². The monoisotopic (exact) mass is 268 g/mol. The Labute approximate surface area is 104 Å². The van der Waals surface area contributed by atoms with E-state index in [1.807, 2.05) is 6.92 Å². The van der Waals surface area contributed by atoms with Crippen molar-refractivity contribution in [3.8, 4) is 0 Å². The smallest absolute Gasteiger partial charge is 0.271 e. The van der Waals surface area contributed by atoms with E-state index in [1.54, 1.807) is 36.4 Å². The second-order valence-electron chi connectivity index (χ2n) is 3.56. The van der Waals surface area contributed by atoms with Crippen molar-refractivity contribution in [1.29, 1.82) is 0 Å². The lowest BCUT2D eigenvalue weighted by molar-refractivity contribution is 0.603. The van der Waals surface area contributed by atoms with Crippen LogP contribution in [0.5, 0.6) is 0 Å². The summed E-state index contributed by atoms with van der Waals surface area (Å²) in [5.74, 6) is 0. The highest BCUT2D eigenvalue weighted by Crippen LogP contribution is 2.25. The highest BCUT2D eigenvalue weighted by molar-refractivity contribution is 7.94. The lowest BCUT2D eigenvalue weighted by Crippen LogP contribution is -2.12. The third-order valence-electron chi connectivity index (χ3n) is 2.19. The van der Waals surface area contributed by atoms with Crippen LogP contribution in [0.4, 0.5) is 11.4 Å². The molecule has 0 spiro atoms. The van der Waals surface area contributed by atoms with Crippen molar-refractivity contribution in [2.75, 3.05) is 10.5 Å². The van der Waals surface area contributed by atoms with Gasteiger partial charge >= 0.3 is 0 Å². The maximum atomic E-state index is 12.0. The molecule has 0 aliphatic heterocycles. The van der Waals surface area contributed by atoms with Crippen molar-refractivity contribution < 1.29 is 8.42 Å². The summed E-state index contributed by atoms with van der Waals surface area (Å²) in [6.07, 6.45) is 0. The van der Waals surface area contributed by atoms with Crippen LogP contribution in [0.15, 0.2) is 40.6 Å². The molecule has 0 atom stereocenters. The first-order valence-electron chi connectivity index (χ1n) is 4.93. The van der Waals surface area contributed by atoms with Gasteiger partial charge in [-0.1, -0.05) is 12.1 Å². The zero-order valence-corrected chi connectivity index (χ0v) is 10.8. The van der Waals surface area contributed by atoms with Crippen molar-refractivity contribution in [1.82, 2.24) is 0 Å². The van der Waals surface area contributed by atoms with Crippen LogP contribution in [0.3, 0.4) is 0 Å². The predicted octanol–water partition coefficient (Wildman–Crippen LogP) is 2.44. The second-order valence-corrected chi connectivity index (χ2v) is 6.75. The van der Waals surface area contributed by atoms with E-state index in [0.717, 1.165) is 4.88 Å². The fourth-order valence-electron chi connectivity index (χ4n) is 1.34. The molecule has 0 fully saturated rings. The van der Waals surface area contributed by atoms with Gasteiger partial charge in [0.1, 0.15) is 4.21 Å². The van der Waals surface area contributed by atoms with E-state index in [-0.39, 0.29) is 0 Å². The second kappa shape index (κ2) is 4.38. The summed E-state index contributed by atoms with van der Waals surface area (Å²) in [6.45, 7) is 1.86. The van der Waals surface area contributed by atoms with Crippen LogP contribution in [-0.4, -0.2) is 8.42 Å². The lowest BCUT2D eigenvalue weighted by Gasteiger charge is -2.08. The topological polar surface area (TPSA) is 72.2 Å². The minimum atomic E-state index is -3.53. The van der Waals surface area contributed by atoms with Gasteiger partial charge in [0.05, 0.1) is 11.4 Å². The van der Waals surface area contributed by atoms with Crippen LogP contribution < -0.4 is 10.5 Å². The maximum absolute atomic E-state index is 12.0. The van der Waals surface area contributed by atoms with Crippen molar-refractivity contribution in [2.45, 2.75) is 11.1 Å². The first kappa shape index (κ1) is 11.9. The molecule has 90 valence electrons. The van der Waals surface area contributed by atoms with Gasteiger partial charge in [-0.3, -0.25) is 4.72 Å². The molecule has 0 amide bonds. The Morgan fingerprint density at radius 1 is 1.18 bits per heavy atom. The molecule has 0 radical (unpaired) electrons. The van der Waals surface area contributed by atoms with Crippen molar-refractivity contribution in [3.05, 3.63) is 41.3 Å². The highest BCUT2D eigenvalue weighted by atomic mass is 32.2. The predicted molar refractivity (Wildman–Crippen MR) is 70.7 cm³/mol. The minimum Gasteiger partial charge on any atom is -0.397 e. The van der Waals surface area contributed by atoms with Crippen LogP contribution in [-0.2, 0) is 10.0 Å². The SMILES string of the molecule is Cc1ccc(S(=O)(=O)Nc2ccccc2N)s1. The number of hydrogen-bond acceptors (Lipinski definition) is 4. The Morgan fingerprint density at radius 2 is 1.88 bits per heavy atom. The van der Waals surface area contributed by atoms with E-state index in [9.17, 15) is 8.42 Å². The lowest BCUT2D eigenvalue weighted by atomic mass is 10.3. The number of hydrogen-bond donors (Lipinski definition) is 2. The van der Waals surface area contributed by atoms with E-state index < -0.39 is 10.0 Å². The molecule has 1 heterocycles. The normalized spacial score (nSPS) is 11.4. The molecule has 0 aliphatic carbocycles. The van der Waals surface area contributed by atoms with Crippen LogP contribution in [0, 0.1) is 6.92 Å². The van der Waals surface area contributed by atoms with Gasteiger partial charge in [0.15, 0.2) is 0 Å². The quantitative estimate of drug-likeness (QED) is 0.840. The van der Waals surface area contributed by atoms with Gasteiger partial charge in [-0.25, -0.2) is 8.42 Å². The summed E-state index contributed by atoms with van der Waals surface area (Å²) in [7, 11) is -3.53. The van der Waals surface area contributed by atoms with E-state index in [0.29, 0.717) is 15.6 Å². The molecule has 0 unspecified atom stereocenters. The number of thiophene rings is 1.